The van der Waals surface area contributed by atoms with Gasteiger partial charge in [-0.05, 0) is 44.7 Å². The number of carbonyl (C=O) groups excluding carboxylic acids is 1. The normalized spacial score (nSPS) is 19.4. The quantitative estimate of drug-likeness (QED) is 0.780. The van der Waals surface area contributed by atoms with Crippen molar-refractivity contribution in [2.24, 2.45) is 16.8 Å². The first kappa shape index (κ1) is 18.4. The van der Waals surface area contributed by atoms with E-state index in [1.165, 1.54) is 5.57 Å². The van der Waals surface area contributed by atoms with Gasteiger partial charge in [0.05, 0.1) is 5.69 Å². The highest BCUT2D eigenvalue weighted by Crippen LogP contribution is 2.29. The standard InChI is InChI=1S/C20H28N2O2/c1-6-8-13(3)17-11-16(7-2)12-21-20(19(17)23)24-18-10-9-14(4)22-15(18)5/h9-10,12-13,17H,6-8,11H2,1-5H3. The Morgan fingerprint density at radius 2 is 2.04 bits per heavy atom. The highest BCUT2D eigenvalue weighted by atomic mass is 16.5. The van der Waals surface area contributed by atoms with Crippen molar-refractivity contribution in [2.75, 3.05) is 0 Å². The van der Waals surface area contributed by atoms with Crippen LogP contribution in [0.2, 0.25) is 0 Å². The van der Waals surface area contributed by atoms with Crippen molar-refractivity contribution >= 4 is 11.7 Å². The van der Waals surface area contributed by atoms with Gasteiger partial charge in [-0.3, -0.25) is 9.78 Å². The molecule has 2 atom stereocenters. The first-order valence-corrected chi connectivity index (χ1v) is 8.88. The van der Waals surface area contributed by atoms with Crippen LogP contribution in [0.5, 0.6) is 5.75 Å². The van der Waals surface area contributed by atoms with E-state index in [0.717, 1.165) is 37.1 Å². The van der Waals surface area contributed by atoms with Crippen LogP contribution >= 0.6 is 0 Å². The van der Waals surface area contributed by atoms with Gasteiger partial charge in [-0.15, -0.1) is 0 Å². The average molecular weight is 328 g/mol. The van der Waals surface area contributed by atoms with Crippen LogP contribution in [0, 0.1) is 25.7 Å². The van der Waals surface area contributed by atoms with Crippen molar-refractivity contribution in [3.05, 3.63) is 35.3 Å². The minimum atomic E-state index is -0.0592. The van der Waals surface area contributed by atoms with E-state index in [4.69, 9.17) is 4.74 Å². The Labute approximate surface area is 145 Å². The number of rotatable bonds is 5. The van der Waals surface area contributed by atoms with Crippen LogP contribution in [0.3, 0.4) is 0 Å². The van der Waals surface area contributed by atoms with Gasteiger partial charge < -0.3 is 4.74 Å². The van der Waals surface area contributed by atoms with Crippen molar-refractivity contribution in [3.63, 3.8) is 0 Å². The number of aryl methyl sites for hydroxylation is 2. The molecule has 2 unspecified atom stereocenters. The van der Waals surface area contributed by atoms with E-state index in [1.54, 1.807) is 0 Å². The summed E-state index contributed by atoms with van der Waals surface area (Å²) in [5.74, 6) is 1.07. The summed E-state index contributed by atoms with van der Waals surface area (Å²) in [4.78, 5) is 21.8. The number of aromatic nitrogens is 1. The van der Waals surface area contributed by atoms with E-state index in [2.05, 4.69) is 30.7 Å². The maximum Gasteiger partial charge on any atom is 0.263 e. The fraction of sp³-hybridized carbons (Fsp3) is 0.550. The van der Waals surface area contributed by atoms with Crippen molar-refractivity contribution in [2.45, 2.75) is 60.3 Å². The summed E-state index contributed by atoms with van der Waals surface area (Å²) in [5.41, 5.74) is 2.90. The summed E-state index contributed by atoms with van der Waals surface area (Å²) in [5, 5.41) is 0. The van der Waals surface area contributed by atoms with E-state index in [9.17, 15) is 4.79 Å². The zero-order valence-corrected chi connectivity index (χ0v) is 15.4. The number of hydrogen-bond donors (Lipinski definition) is 0. The molecule has 130 valence electrons. The Hall–Kier alpha value is -1.97. The summed E-state index contributed by atoms with van der Waals surface area (Å²) in [6.45, 7) is 10.2. The number of Topliss-reactive ketones (excluding diaryl/α,β-unsaturated/α-hetero) is 1. The minimum absolute atomic E-state index is 0.00984. The Morgan fingerprint density at radius 1 is 1.29 bits per heavy atom. The molecule has 0 amide bonds. The second kappa shape index (κ2) is 8.22. The Balaban J connectivity index is 2.30. The van der Waals surface area contributed by atoms with Gasteiger partial charge in [0, 0.05) is 17.8 Å². The second-order valence-electron chi connectivity index (χ2n) is 6.65. The molecule has 1 aliphatic heterocycles. The molecule has 0 radical (unpaired) electrons. The fourth-order valence-corrected chi connectivity index (χ4v) is 3.11. The maximum atomic E-state index is 13.0. The van der Waals surface area contributed by atoms with E-state index < -0.39 is 0 Å². The summed E-state index contributed by atoms with van der Waals surface area (Å²) in [6, 6.07) is 3.74. The average Bonchev–Trinajstić information content (AvgIpc) is 2.70. The zero-order valence-electron chi connectivity index (χ0n) is 15.4. The van der Waals surface area contributed by atoms with Crippen molar-refractivity contribution < 1.29 is 9.53 Å². The molecule has 0 aliphatic carbocycles. The van der Waals surface area contributed by atoms with Gasteiger partial charge in [0.2, 0.25) is 5.78 Å². The highest BCUT2D eigenvalue weighted by molar-refractivity contribution is 6.38. The summed E-state index contributed by atoms with van der Waals surface area (Å²) >= 11 is 0. The van der Waals surface area contributed by atoms with Gasteiger partial charge in [-0.2, -0.15) is 0 Å². The predicted octanol–water partition coefficient (Wildman–Crippen LogP) is 4.79. The van der Waals surface area contributed by atoms with E-state index >= 15 is 0 Å². The predicted molar refractivity (Wildman–Crippen MR) is 97.3 cm³/mol. The van der Waals surface area contributed by atoms with Gasteiger partial charge in [-0.1, -0.05) is 39.2 Å². The number of carbonyl (C=O) groups is 1. The Morgan fingerprint density at radius 3 is 2.67 bits per heavy atom. The smallest absolute Gasteiger partial charge is 0.263 e. The Kier molecular flexibility index (Phi) is 6.29. The number of ketones is 1. The molecule has 0 saturated heterocycles. The zero-order chi connectivity index (χ0) is 17.7. The molecule has 1 aromatic rings. The molecule has 0 saturated carbocycles. The number of pyridine rings is 1. The monoisotopic (exact) mass is 328 g/mol. The maximum absolute atomic E-state index is 13.0. The van der Waals surface area contributed by atoms with Gasteiger partial charge >= 0.3 is 0 Å². The van der Waals surface area contributed by atoms with Crippen LogP contribution in [0.1, 0.15) is 57.8 Å². The topological polar surface area (TPSA) is 51.6 Å². The van der Waals surface area contributed by atoms with Gasteiger partial charge in [0.1, 0.15) is 0 Å². The lowest BCUT2D eigenvalue weighted by Crippen LogP contribution is -2.31. The first-order chi connectivity index (χ1) is 11.5. The molecule has 0 bridgehead atoms. The van der Waals surface area contributed by atoms with Crippen LogP contribution in [0.25, 0.3) is 0 Å². The highest BCUT2D eigenvalue weighted by Gasteiger charge is 2.32. The van der Waals surface area contributed by atoms with Crippen LogP contribution in [0.15, 0.2) is 28.9 Å². The summed E-state index contributed by atoms with van der Waals surface area (Å²) in [7, 11) is 0. The third kappa shape index (κ3) is 4.31. The lowest BCUT2D eigenvalue weighted by molar-refractivity contribution is -0.118. The number of nitrogens with zero attached hydrogens (tertiary/aromatic N) is 2. The van der Waals surface area contributed by atoms with E-state index in [0.29, 0.717) is 11.7 Å². The molecule has 0 spiro atoms. The molecule has 0 N–H and O–H groups in total. The molecule has 4 heteroatoms. The lowest BCUT2D eigenvalue weighted by atomic mass is 9.82. The largest absolute Gasteiger partial charge is 0.434 e. The van der Waals surface area contributed by atoms with Crippen molar-refractivity contribution in [1.82, 2.24) is 4.98 Å². The van der Waals surface area contributed by atoms with E-state index in [-0.39, 0.29) is 17.6 Å². The van der Waals surface area contributed by atoms with Crippen LogP contribution in [0.4, 0.5) is 0 Å². The second-order valence-corrected chi connectivity index (χ2v) is 6.65. The van der Waals surface area contributed by atoms with Crippen molar-refractivity contribution in [1.29, 1.82) is 0 Å². The number of ether oxygens (including phenoxy) is 1. The van der Waals surface area contributed by atoms with Crippen molar-refractivity contribution in [3.8, 4) is 5.75 Å². The fourth-order valence-electron chi connectivity index (χ4n) is 3.11. The minimum Gasteiger partial charge on any atom is -0.434 e. The molecule has 1 aliphatic rings. The summed E-state index contributed by atoms with van der Waals surface area (Å²) in [6.07, 6.45) is 5.60. The molecule has 4 nitrogen and oxygen atoms in total. The third-order valence-electron chi connectivity index (χ3n) is 4.66. The van der Waals surface area contributed by atoms with Gasteiger partial charge in [0.25, 0.3) is 5.90 Å². The SMILES string of the molecule is CCCC(C)C1CC(CC)=CN=C(Oc2ccc(C)nc2C)C1=O. The molecular weight excluding hydrogens is 300 g/mol. The molecule has 1 aromatic heterocycles. The molecule has 0 fully saturated rings. The van der Waals surface area contributed by atoms with Crippen LogP contribution in [-0.4, -0.2) is 16.7 Å². The summed E-state index contributed by atoms with van der Waals surface area (Å²) < 4.78 is 5.88. The van der Waals surface area contributed by atoms with Gasteiger partial charge in [-0.25, -0.2) is 4.99 Å². The van der Waals surface area contributed by atoms with E-state index in [1.807, 2.05) is 32.2 Å². The molecular formula is C20H28N2O2. The first-order valence-electron chi connectivity index (χ1n) is 8.88. The Bertz CT molecular complexity index is 662. The number of hydrogen-bond acceptors (Lipinski definition) is 4. The molecule has 0 aromatic carbocycles. The molecule has 2 rings (SSSR count). The third-order valence-corrected chi connectivity index (χ3v) is 4.66. The van der Waals surface area contributed by atoms with Gasteiger partial charge in [0.15, 0.2) is 5.75 Å². The van der Waals surface area contributed by atoms with Crippen LogP contribution in [-0.2, 0) is 4.79 Å². The number of allylic oxidation sites excluding steroid dienone is 1. The molecule has 2 heterocycles. The lowest BCUT2D eigenvalue weighted by Gasteiger charge is -2.22. The van der Waals surface area contributed by atoms with Crippen LogP contribution < -0.4 is 4.74 Å². The number of aliphatic imine (C=N–C) groups is 1. The molecule has 24 heavy (non-hydrogen) atoms.